The zero-order chi connectivity index (χ0) is 16.9. The van der Waals surface area contributed by atoms with Crippen LogP contribution < -0.4 is 15.2 Å². The summed E-state index contributed by atoms with van der Waals surface area (Å²) in [5.41, 5.74) is 6.45. The second-order valence-corrected chi connectivity index (χ2v) is 5.78. The summed E-state index contributed by atoms with van der Waals surface area (Å²) in [5.74, 6) is 1.73. The second-order valence-electron chi connectivity index (χ2n) is 5.78. The Kier molecular flexibility index (Phi) is 5.01. The number of hydrogen-bond donors (Lipinski definition) is 1. The SMILES string of the molecule is CCOc1ccccc1Oc1ccccc1C(=O)N1CC[C@H](N)C1. The van der Waals surface area contributed by atoms with E-state index in [1.807, 2.05) is 43.3 Å². The largest absolute Gasteiger partial charge is 0.490 e. The molecule has 2 aromatic carbocycles. The number of para-hydroxylation sites is 3. The van der Waals surface area contributed by atoms with E-state index in [2.05, 4.69) is 0 Å². The predicted molar refractivity (Wildman–Crippen MR) is 92.6 cm³/mol. The molecule has 5 heteroatoms. The Bertz CT molecular complexity index is 717. The van der Waals surface area contributed by atoms with Crippen molar-refractivity contribution in [1.29, 1.82) is 0 Å². The van der Waals surface area contributed by atoms with E-state index in [1.165, 1.54) is 0 Å². The minimum absolute atomic E-state index is 0.0487. The molecule has 5 nitrogen and oxygen atoms in total. The molecule has 0 aromatic heterocycles. The van der Waals surface area contributed by atoms with Crippen molar-refractivity contribution < 1.29 is 14.3 Å². The van der Waals surface area contributed by atoms with E-state index in [1.54, 1.807) is 17.0 Å². The maximum atomic E-state index is 12.8. The Labute approximate surface area is 142 Å². The summed E-state index contributed by atoms with van der Waals surface area (Å²) in [6, 6.07) is 14.8. The van der Waals surface area contributed by atoms with Crippen LogP contribution in [0.4, 0.5) is 0 Å². The highest BCUT2D eigenvalue weighted by molar-refractivity contribution is 5.97. The second kappa shape index (κ2) is 7.36. The van der Waals surface area contributed by atoms with Gasteiger partial charge in [0.2, 0.25) is 0 Å². The van der Waals surface area contributed by atoms with Gasteiger partial charge in [0.15, 0.2) is 11.5 Å². The van der Waals surface area contributed by atoms with Crippen LogP contribution in [0.3, 0.4) is 0 Å². The molecule has 24 heavy (non-hydrogen) atoms. The number of benzene rings is 2. The van der Waals surface area contributed by atoms with Crippen LogP contribution >= 0.6 is 0 Å². The lowest BCUT2D eigenvalue weighted by Crippen LogP contribution is -2.32. The quantitative estimate of drug-likeness (QED) is 0.917. The summed E-state index contributed by atoms with van der Waals surface area (Å²) in [6.45, 7) is 3.74. The fourth-order valence-corrected chi connectivity index (χ4v) is 2.80. The lowest BCUT2D eigenvalue weighted by molar-refractivity contribution is 0.0788. The van der Waals surface area contributed by atoms with Crippen molar-refractivity contribution in [1.82, 2.24) is 4.90 Å². The molecule has 1 fully saturated rings. The summed E-state index contributed by atoms with van der Waals surface area (Å²) < 4.78 is 11.6. The van der Waals surface area contributed by atoms with Gasteiger partial charge < -0.3 is 20.1 Å². The van der Waals surface area contributed by atoms with Gasteiger partial charge in [0.05, 0.1) is 12.2 Å². The van der Waals surface area contributed by atoms with Gasteiger partial charge in [-0.05, 0) is 37.6 Å². The molecule has 1 aliphatic rings. The number of hydrogen-bond acceptors (Lipinski definition) is 4. The Morgan fingerprint density at radius 1 is 1.12 bits per heavy atom. The molecule has 1 saturated heterocycles. The summed E-state index contributed by atoms with van der Waals surface area (Å²) in [6.07, 6.45) is 0.835. The minimum atomic E-state index is -0.0487. The smallest absolute Gasteiger partial charge is 0.257 e. The van der Waals surface area contributed by atoms with E-state index in [0.717, 1.165) is 6.42 Å². The molecule has 1 atom stereocenters. The Morgan fingerprint density at radius 3 is 2.46 bits per heavy atom. The first-order valence-electron chi connectivity index (χ1n) is 8.22. The summed E-state index contributed by atoms with van der Waals surface area (Å²) in [4.78, 5) is 14.6. The first-order valence-corrected chi connectivity index (χ1v) is 8.22. The van der Waals surface area contributed by atoms with Crippen molar-refractivity contribution >= 4 is 5.91 Å². The Morgan fingerprint density at radius 2 is 1.79 bits per heavy atom. The van der Waals surface area contributed by atoms with E-state index in [0.29, 0.717) is 42.5 Å². The van der Waals surface area contributed by atoms with Crippen molar-refractivity contribution in [2.75, 3.05) is 19.7 Å². The van der Waals surface area contributed by atoms with E-state index in [4.69, 9.17) is 15.2 Å². The summed E-state index contributed by atoms with van der Waals surface area (Å²) in [7, 11) is 0. The lowest BCUT2D eigenvalue weighted by Gasteiger charge is -2.18. The molecule has 0 bridgehead atoms. The van der Waals surface area contributed by atoms with Gasteiger partial charge in [0.25, 0.3) is 5.91 Å². The zero-order valence-electron chi connectivity index (χ0n) is 13.8. The molecule has 1 heterocycles. The van der Waals surface area contributed by atoms with E-state index < -0.39 is 0 Å². The number of nitrogens with zero attached hydrogens (tertiary/aromatic N) is 1. The highest BCUT2D eigenvalue weighted by Crippen LogP contribution is 2.33. The van der Waals surface area contributed by atoms with Crippen molar-refractivity contribution in [2.45, 2.75) is 19.4 Å². The number of carbonyl (C=O) groups excluding carboxylic acids is 1. The van der Waals surface area contributed by atoms with Crippen LogP contribution in [0, 0.1) is 0 Å². The molecule has 2 aromatic rings. The van der Waals surface area contributed by atoms with Crippen molar-refractivity contribution in [3.05, 3.63) is 54.1 Å². The first kappa shape index (κ1) is 16.3. The van der Waals surface area contributed by atoms with Crippen molar-refractivity contribution in [3.63, 3.8) is 0 Å². The molecule has 0 radical (unpaired) electrons. The van der Waals surface area contributed by atoms with E-state index in [-0.39, 0.29) is 11.9 Å². The van der Waals surface area contributed by atoms with Gasteiger partial charge in [-0.1, -0.05) is 24.3 Å². The van der Waals surface area contributed by atoms with Gasteiger partial charge in [-0.15, -0.1) is 0 Å². The van der Waals surface area contributed by atoms with Crippen LogP contribution in [0.5, 0.6) is 17.2 Å². The minimum Gasteiger partial charge on any atom is -0.490 e. The molecule has 0 spiro atoms. The molecular formula is C19H22N2O3. The fraction of sp³-hybridized carbons (Fsp3) is 0.316. The monoisotopic (exact) mass is 326 g/mol. The fourth-order valence-electron chi connectivity index (χ4n) is 2.80. The zero-order valence-corrected chi connectivity index (χ0v) is 13.8. The molecule has 0 unspecified atom stereocenters. The predicted octanol–water partition coefficient (Wildman–Crippen LogP) is 3.05. The molecule has 0 saturated carbocycles. The topological polar surface area (TPSA) is 64.8 Å². The number of nitrogens with two attached hydrogens (primary N) is 1. The van der Waals surface area contributed by atoms with Crippen LogP contribution in [0.2, 0.25) is 0 Å². The number of rotatable bonds is 5. The number of amides is 1. The van der Waals surface area contributed by atoms with Crippen LogP contribution in [-0.4, -0.2) is 36.5 Å². The van der Waals surface area contributed by atoms with E-state index in [9.17, 15) is 4.79 Å². The normalized spacial score (nSPS) is 16.9. The van der Waals surface area contributed by atoms with Gasteiger partial charge in [0.1, 0.15) is 5.75 Å². The van der Waals surface area contributed by atoms with Crippen LogP contribution in [0.1, 0.15) is 23.7 Å². The molecule has 3 rings (SSSR count). The van der Waals surface area contributed by atoms with Gasteiger partial charge in [0, 0.05) is 19.1 Å². The van der Waals surface area contributed by atoms with Gasteiger partial charge >= 0.3 is 0 Å². The molecular weight excluding hydrogens is 304 g/mol. The van der Waals surface area contributed by atoms with Crippen LogP contribution in [0.25, 0.3) is 0 Å². The molecule has 1 amide bonds. The third-order valence-corrected chi connectivity index (χ3v) is 4.00. The highest BCUT2D eigenvalue weighted by atomic mass is 16.5. The third kappa shape index (κ3) is 3.51. The Hall–Kier alpha value is -2.53. The maximum absolute atomic E-state index is 12.8. The molecule has 2 N–H and O–H groups in total. The van der Waals surface area contributed by atoms with Crippen molar-refractivity contribution in [2.24, 2.45) is 5.73 Å². The average molecular weight is 326 g/mol. The molecule has 126 valence electrons. The van der Waals surface area contributed by atoms with Crippen LogP contribution in [0.15, 0.2) is 48.5 Å². The summed E-state index contributed by atoms with van der Waals surface area (Å²) >= 11 is 0. The van der Waals surface area contributed by atoms with Gasteiger partial charge in [-0.3, -0.25) is 4.79 Å². The van der Waals surface area contributed by atoms with Crippen molar-refractivity contribution in [3.8, 4) is 17.2 Å². The number of likely N-dealkylation sites (tertiary alicyclic amines) is 1. The van der Waals surface area contributed by atoms with Gasteiger partial charge in [-0.2, -0.15) is 0 Å². The average Bonchev–Trinajstić information content (AvgIpc) is 3.03. The van der Waals surface area contributed by atoms with E-state index >= 15 is 0 Å². The third-order valence-electron chi connectivity index (χ3n) is 4.00. The standard InChI is InChI=1S/C19H22N2O3/c1-2-23-17-9-5-6-10-18(17)24-16-8-4-3-7-15(16)19(22)21-12-11-14(20)13-21/h3-10,14H,2,11-13,20H2,1H3/t14-/m0/s1. The number of carbonyl (C=O) groups is 1. The first-order chi connectivity index (χ1) is 11.7. The highest BCUT2D eigenvalue weighted by Gasteiger charge is 2.26. The number of ether oxygens (including phenoxy) is 2. The lowest BCUT2D eigenvalue weighted by atomic mass is 10.1. The maximum Gasteiger partial charge on any atom is 0.257 e. The van der Waals surface area contributed by atoms with Crippen LogP contribution in [-0.2, 0) is 0 Å². The Balaban J connectivity index is 1.86. The molecule has 0 aliphatic carbocycles. The summed E-state index contributed by atoms with van der Waals surface area (Å²) in [5, 5.41) is 0. The van der Waals surface area contributed by atoms with Gasteiger partial charge in [-0.25, -0.2) is 0 Å². The molecule has 1 aliphatic heterocycles.